The first-order valence-electron chi connectivity index (χ1n) is 4.59. The predicted octanol–water partition coefficient (Wildman–Crippen LogP) is 0.564. The summed E-state index contributed by atoms with van der Waals surface area (Å²) >= 11 is 0. The van der Waals surface area contributed by atoms with Crippen LogP contribution in [0.2, 0.25) is 0 Å². The zero-order chi connectivity index (χ0) is 10.1. The molecule has 0 aromatic rings. The van der Waals surface area contributed by atoms with Crippen molar-refractivity contribution in [2.45, 2.75) is 26.4 Å². The second-order valence-electron chi connectivity index (χ2n) is 2.88. The van der Waals surface area contributed by atoms with Crippen molar-refractivity contribution in [3.63, 3.8) is 0 Å². The second-order valence-corrected chi connectivity index (χ2v) is 2.88. The molecule has 0 spiro atoms. The first-order valence-corrected chi connectivity index (χ1v) is 4.59. The molecule has 0 fully saturated rings. The fourth-order valence-electron chi connectivity index (χ4n) is 0.714. The van der Waals surface area contributed by atoms with E-state index in [4.69, 9.17) is 9.47 Å². The van der Waals surface area contributed by atoms with Crippen molar-refractivity contribution in [1.29, 1.82) is 0 Å². The van der Waals surface area contributed by atoms with E-state index in [9.17, 15) is 4.79 Å². The minimum atomic E-state index is -0.203. The largest absolute Gasteiger partial charge is 0.462 e. The number of nitrogens with one attached hydrogen (secondary N) is 1. The lowest BCUT2D eigenvalue weighted by Crippen LogP contribution is -2.29. The number of carbonyl (C=O) groups excluding carboxylic acids is 1. The maximum absolute atomic E-state index is 11.0. The van der Waals surface area contributed by atoms with E-state index >= 15 is 0 Å². The monoisotopic (exact) mass is 189 g/mol. The summed E-state index contributed by atoms with van der Waals surface area (Å²) in [6, 6.07) is 0. The zero-order valence-electron chi connectivity index (χ0n) is 8.63. The van der Waals surface area contributed by atoms with Crippen LogP contribution in [0.25, 0.3) is 0 Å². The van der Waals surface area contributed by atoms with Gasteiger partial charge in [0.05, 0.1) is 19.3 Å². The SMILES string of the molecule is CCC(C)OC(=O)CNCCOC. The molecule has 1 atom stereocenters. The Morgan fingerprint density at radius 2 is 2.23 bits per heavy atom. The molecule has 0 radical (unpaired) electrons. The molecule has 78 valence electrons. The molecule has 0 bridgehead atoms. The number of esters is 1. The first kappa shape index (κ1) is 12.4. The molecule has 4 nitrogen and oxygen atoms in total. The topological polar surface area (TPSA) is 47.6 Å². The average Bonchev–Trinajstić information content (AvgIpc) is 2.12. The number of carbonyl (C=O) groups is 1. The lowest BCUT2D eigenvalue weighted by Gasteiger charge is -2.10. The number of ether oxygens (including phenoxy) is 2. The van der Waals surface area contributed by atoms with Crippen LogP contribution in [-0.4, -0.2) is 38.9 Å². The third-order valence-corrected chi connectivity index (χ3v) is 1.66. The van der Waals surface area contributed by atoms with Crippen LogP contribution in [0.4, 0.5) is 0 Å². The van der Waals surface area contributed by atoms with Crippen molar-refractivity contribution in [3.8, 4) is 0 Å². The van der Waals surface area contributed by atoms with E-state index in [1.54, 1.807) is 7.11 Å². The van der Waals surface area contributed by atoms with Crippen LogP contribution in [0.3, 0.4) is 0 Å². The summed E-state index contributed by atoms with van der Waals surface area (Å²) in [5.41, 5.74) is 0. The Balaban J connectivity index is 3.30. The van der Waals surface area contributed by atoms with E-state index in [1.165, 1.54) is 0 Å². The molecule has 1 N–H and O–H groups in total. The van der Waals surface area contributed by atoms with E-state index in [2.05, 4.69) is 5.32 Å². The maximum Gasteiger partial charge on any atom is 0.320 e. The Morgan fingerprint density at radius 3 is 2.77 bits per heavy atom. The van der Waals surface area contributed by atoms with Gasteiger partial charge >= 0.3 is 5.97 Å². The maximum atomic E-state index is 11.0. The van der Waals surface area contributed by atoms with Gasteiger partial charge in [-0.3, -0.25) is 4.79 Å². The molecular formula is C9H19NO3. The van der Waals surface area contributed by atoms with Gasteiger partial charge in [0.25, 0.3) is 0 Å². The summed E-state index contributed by atoms with van der Waals surface area (Å²) in [7, 11) is 1.62. The molecule has 1 unspecified atom stereocenters. The van der Waals surface area contributed by atoms with Crippen LogP contribution >= 0.6 is 0 Å². The van der Waals surface area contributed by atoms with Crippen LogP contribution < -0.4 is 5.32 Å². The molecule has 0 rings (SSSR count). The summed E-state index contributed by atoms with van der Waals surface area (Å²) in [4.78, 5) is 11.0. The van der Waals surface area contributed by atoms with Crippen LogP contribution in [-0.2, 0) is 14.3 Å². The Bertz CT molecular complexity index is 139. The number of rotatable bonds is 7. The van der Waals surface area contributed by atoms with Gasteiger partial charge in [0, 0.05) is 13.7 Å². The molecule has 0 aliphatic heterocycles. The second kappa shape index (κ2) is 8.01. The molecule has 0 saturated carbocycles. The van der Waals surface area contributed by atoms with Gasteiger partial charge < -0.3 is 14.8 Å². The highest BCUT2D eigenvalue weighted by atomic mass is 16.5. The molecular weight excluding hydrogens is 170 g/mol. The lowest BCUT2D eigenvalue weighted by atomic mass is 10.3. The third kappa shape index (κ3) is 7.74. The molecule has 0 amide bonds. The number of hydrogen-bond acceptors (Lipinski definition) is 4. The van der Waals surface area contributed by atoms with Gasteiger partial charge in [0.1, 0.15) is 0 Å². The van der Waals surface area contributed by atoms with E-state index in [-0.39, 0.29) is 18.6 Å². The molecule has 0 heterocycles. The highest BCUT2D eigenvalue weighted by Crippen LogP contribution is 1.95. The van der Waals surface area contributed by atoms with Crippen molar-refractivity contribution in [1.82, 2.24) is 5.32 Å². The fraction of sp³-hybridized carbons (Fsp3) is 0.889. The van der Waals surface area contributed by atoms with Gasteiger partial charge in [-0.1, -0.05) is 6.92 Å². The van der Waals surface area contributed by atoms with Crippen molar-refractivity contribution in [2.24, 2.45) is 0 Å². The van der Waals surface area contributed by atoms with Gasteiger partial charge in [-0.2, -0.15) is 0 Å². The highest BCUT2D eigenvalue weighted by Gasteiger charge is 2.05. The van der Waals surface area contributed by atoms with Crippen LogP contribution in [0.5, 0.6) is 0 Å². The van der Waals surface area contributed by atoms with Crippen molar-refractivity contribution < 1.29 is 14.3 Å². The Hall–Kier alpha value is -0.610. The van der Waals surface area contributed by atoms with Crippen LogP contribution in [0.15, 0.2) is 0 Å². The van der Waals surface area contributed by atoms with Crippen molar-refractivity contribution in [2.75, 3.05) is 26.8 Å². The predicted molar refractivity (Wildman–Crippen MR) is 50.6 cm³/mol. The molecule has 0 aromatic heterocycles. The third-order valence-electron chi connectivity index (χ3n) is 1.66. The normalized spacial score (nSPS) is 12.5. The molecule has 0 aliphatic rings. The fourth-order valence-corrected chi connectivity index (χ4v) is 0.714. The van der Waals surface area contributed by atoms with Gasteiger partial charge in [-0.15, -0.1) is 0 Å². The smallest absolute Gasteiger partial charge is 0.320 e. The van der Waals surface area contributed by atoms with E-state index in [0.29, 0.717) is 13.2 Å². The van der Waals surface area contributed by atoms with Gasteiger partial charge in [-0.25, -0.2) is 0 Å². The highest BCUT2D eigenvalue weighted by molar-refractivity contribution is 5.71. The summed E-state index contributed by atoms with van der Waals surface area (Å²) < 4.78 is 9.85. The Labute approximate surface area is 79.6 Å². The Kier molecular flexibility index (Phi) is 7.63. The summed E-state index contributed by atoms with van der Waals surface area (Å²) in [5.74, 6) is -0.203. The summed E-state index contributed by atoms with van der Waals surface area (Å²) in [6.07, 6.45) is 0.862. The van der Waals surface area contributed by atoms with E-state index in [0.717, 1.165) is 6.42 Å². The van der Waals surface area contributed by atoms with E-state index < -0.39 is 0 Å². The minimum Gasteiger partial charge on any atom is -0.462 e. The van der Waals surface area contributed by atoms with Crippen molar-refractivity contribution >= 4 is 5.97 Å². The number of methoxy groups -OCH3 is 1. The minimum absolute atomic E-state index is 0.0109. The summed E-state index contributed by atoms with van der Waals surface area (Å²) in [6.45, 7) is 5.40. The molecule has 0 saturated heterocycles. The van der Waals surface area contributed by atoms with Crippen LogP contribution in [0, 0.1) is 0 Å². The lowest BCUT2D eigenvalue weighted by molar-refractivity contribution is -0.147. The molecule has 13 heavy (non-hydrogen) atoms. The number of hydrogen-bond donors (Lipinski definition) is 1. The van der Waals surface area contributed by atoms with Gasteiger partial charge in [0.15, 0.2) is 0 Å². The van der Waals surface area contributed by atoms with E-state index in [1.807, 2.05) is 13.8 Å². The van der Waals surface area contributed by atoms with Crippen LogP contribution in [0.1, 0.15) is 20.3 Å². The average molecular weight is 189 g/mol. The van der Waals surface area contributed by atoms with Gasteiger partial charge in [0.2, 0.25) is 0 Å². The Morgan fingerprint density at radius 1 is 1.54 bits per heavy atom. The molecule has 0 aliphatic carbocycles. The summed E-state index contributed by atoms with van der Waals surface area (Å²) in [5, 5.41) is 2.92. The van der Waals surface area contributed by atoms with Gasteiger partial charge in [-0.05, 0) is 13.3 Å². The quantitative estimate of drug-likeness (QED) is 0.469. The molecule has 4 heteroatoms. The zero-order valence-corrected chi connectivity index (χ0v) is 8.63. The standard InChI is InChI=1S/C9H19NO3/c1-4-8(2)13-9(11)7-10-5-6-12-3/h8,10H,4-7H2,1-3H3. The first-order chi connectivity index (χ1) is 6.20. The van der Waals surface area contributed by atoms with Crippen molar-refractivity contribution in [3.05, 3.63) is 0 Å². The molecule has 0 aromatic carbocycles.